The zero-order valence-corrected chi connectivity index (χ0v) is 9.50. The molecule has 1 aromatic heterocycles. The minimum absolute atomic E-state index is 0.0378. The number of hydrogen-bond donors (Lipinski definition) is 0. The molecule has 15 heavy (non-hydrogen) atoms. The van der Waals surface area contributed by atoms with Gasteiger partial charge in [-0.15, -0.1) is 11.3 Å². The Labute approximate surface area is 92.9 Å². The van der Waals surface area contributed by atoms with Gasteiger partial charge < -0.3 is 9.64 Å². The van der Waals surface area contributed by atoms with E-state index in [9.17, 15) is 4.79 Å². The molecule has 0 spiro atoms. The lowest BCUT2D eigenvalue weighted by atomic mass is 10.2. The molecule has 2 rings (SSSR count). The quantitative estimate of drug-likeness (QED) is 0.782. The van der Waals surface area contributed by atoms with Crippen LogP contribution in [0.1, 0.15) is 23.3 Å². The summed E-state index contributed by atoms with van der Waals surface area (Å²) < 4.78 is 5.11. The highest BCUT2D eigenvalue weighted by atomic mass is 32.1. The van der Waals surface area contributed by atoms with Gasteiger partial charge in [-0.3, -0.25) is 4.79 Å². The van der Waals surface area contributed by atoms with Gasteiger partial charge >= 0.3 is 0 Å². The molecule has 4 nitrogen and oxygen atoms in total. The van der Waals surface area contributed by atoms with Crippen LogP contribution in [0.4, 0.5) is 0 Å². The molecule has 0 radical (unpaired) electrons. The minimum Gasteiger partial charge on any atom is -0.383 e. The summed E-state index contributed by atoms with van der Waals surface area (Å²) in [6.45, 7) is 1.44. The smallest absolute Gasteiger partial charge is 0.273 e. The molecular formula is C10H14N2O2S. The number of likely N-dealkylation sites (tertiary alicyclic amines) is 1. The van der Waals surface area contributed by atoms with Crippen molar-refractivity contribution in [2.24, 2.45) is 0 Å². The van der Waals surface area contributed by atoms with Gasteiger partial charge in [0, 0.05) is 19.0 Å². The fraction of sp³-hybridized carbons (Fsp3) is 0.600. The lowest BCUT2D eigenvalue weighted by Gasteiger charge is -2.23. The average Bonchev–Trinajstić information content (AvgIpc) is 2.87. The molecule has 2 heterocycles. The van der Waals surface area contributed by atoms with Crippen LogP contribution in [0.25, 0.3) is 0 Å². The van der Waals surface area contributed by atoms with Gasteiger partial charge in [0.05, 0.1) is 18.2 Å². The van der Waals surface area contributed by atoms with Gasteiger partial charge in [0.15, 0.2) is 0 Å². The number of aromatic nitrogens is 1. The van der Waals surface area contributed by atoms with Crippen LogP contribution in [0.5, 0.6) is 0 Å². The molecule has 1 atom stereocenters. The van der Waals surface area contributed by atoms with Gasteiger partial charge in [0.2, 0.25) is 0 Å². The predicted molar refractivity (Wildman–Crippen MR) is 58.0 cm³/mol. The van der Waals surface area contributed by atoms with E-state index >= 15 is 0 Å². The SMILES string of the molecule is COC[C@@H]1CCCN1C(=O)c1cscn1. The summed E-state index contributed by atoms with van der Waals surface area (Å²) in [6, 6.07) is 0.226. The topological polar surface area (TPSA) is 42.4 Å². The predicted octanol–water partition coefficient (Wildman–Crippen LogP) is 1.39. The number of hydrogen-bond acceptors (Lipinski definition) is 4. The summed E-state index contributed by atoms with van der Waals surface area (Å²) in [5.74, 6) is 0.0378. The molecule has 1 fully saturated rings. The van der Waals surface area contributed by atoms with Crippen LogP contribution in [0.3, 0.4) is 0 Å². The lowest BCUT2D eigenvalue weighted by Crippen LogP contribution is -2.38. The van der Waals surface area contributed by atoms with Crippen LogP contribution in [0, 0.1) is 0 Å². The normalized spacial score (nSPS) is 20.9. The van der Waals surface area contributed by atoms with E-state index in [1.165, 1.54) is 11.3 Å². The third-order valence-electron chi connectivity index (χ3n) is 2.65. The van der Waals surface area contributed by atoms with Crippen molar-refractivity contribution in [1.82, 2.24) is 9.88 Å². The van der Waals surface area contributed by atoms with Crippen LogP contribution < -0.4 is 0 Å². The summed E-state index contributed by atoms with van der Waals surface area (Å²) in [7, 11) is 1.67. The Morgan fingerprint density at radius 1 is 1.80 bits per heavy atom. The van der Waals surface area contributed by atoms with E-state index in [1.54, 1.807) is 18.0 Å². The van der Waals surface area contributed by atoms with E-state index in [1.807, 2.05) is 4.90 Å². The zero-order chi connectivity index (χ0) is 10.7. The summed E-state index contributed by atoms with van der Waals surface area (Å²) in [4.78, 5) is 17.9. The van der Waals surface area contributed by atoms with E-state index < -0.39 is 0 Å². The van der Waals surface area contributed by atoms with Gasteiger partial charge in [0.25, 0.3) is 5.91 Å². The van der Waals surface area contributed by atoms with Crippen LogP contribution in [0.2, 0.25) is 0 Å². The summed E-state index contributed by atoms with van der Waals surface area (Å²) in [5, 5.41) is 1.80. The van der Waals surface area contributed by atoms with E-state index in [-0.39, 0.29) is 11.9 Å². The van der Waals surface area contributed by atoms with E-state index in [0.717, 1.165) is 19.4 Å². The van der Waals surface area contributed by atoms with Crippen LogP contribution in [-0.4, -0.2) is 42.1 Å². The highest BCUT2D eigenvalue weighted by Gasteiger charge is 2.29. The van der Waals surface area contributed by atoms with Gasteiger partial charge in [-0.05, 0) is 12.8 Å². The first-order valence-corrected chi connectivity index (χ1v) is 5.95. The van der Waals surface area contributed by atoms with Crippen molar-refractivity contribution < 1.29 is 9.53 Å². The van der Waals surface area contributed by atoms with Crippen molar-refractivity contribution in [2.75, 3.05) is 20.3 Å². The molecule has 1 amide bonds. The second-order valence-electron chi connectivity index (χ2n) is 3.62. The lowest BCUT2D eigenvalue weighted by molar-refractivity contribution is 0.0626. The largest absolute Gasteiger partial charge is 0.383 e. The Kier molecular flexibility index (Phi) is 3.33. The maximum Gasteiger partial charge on any atom is 0.273 e. The van der Waals surface area contributed by atoms with Crippen molar-refractivity contribution in [3.63, 3.8) is 0 Å². The van der Waals surface area contributed by atoms with Crippen LogP contribution in [0.15, 0.2) is 10.9 Å². The van der Waals surface area contributed by atoms with Crippen molar-refractivity contribution >= 4 is 17.2 Å². The first-order valence-electron chi connectivity index (χ1n) is 5.01. The van der Waals surface area contributed by atoms with Crippen LogP contribution >= 0.6 is 11.3 Å². The molecule has 1 aromatic rings. The maximum absolute atomic E-state index is 12.0. The third-order valence-corrected chi connectivity index (χ3v) is 3.23. The fourth-order valence-electron chi connectivity index (χ4n) is 1.93. The molecule has 0 aliphatic carbocycles. The van der Waals surface area contributed by atoms with E-state index in [4.69, 9.17) is 4.74 Å². The van der Waals surface area contributed by atoms with Gasteiger partial charge in [-0.1, -0.05) is 0 Å². The Balaban J connectivity index is 2.06. The van der Waals surface area contributed by atoms with Gasteiger partial charge in [-0.2, -0.15) is 0 Å². The fourth-order valence-corrected chi connectivity index (χ4v) is 2.46. The van der Waals surface area contributed by atoms with Crippen LogP contribution in [-0.2, 0) is 4.74 Å². The second-order valence-corrected chi connectivity index (χ2v) is 4.34. The number of thiazole rings is 1. The molecule has 1 aliphatic heterocycles. The summed E-state index contributed by atoms with van der Waals surface area (Å²) >= 11 is 1.45. The molecule has 0 aromatic carbocycles. The number of carbonyl (C=O) groups excluding carboxylic acids is 1. The molecule has 0 saturated carbocycles. The molecular weight excluding hydrogens is 212 g/mol. The first-order chi connectivity index (χ1) is 7.33. The second kappa shape index (κ2) is 4.72. The third kappa shape index (κ3) is 2.18. The number of methoxy groups -OCH3 is 1. The van der Waals surface area contributed by atoms with Gasteiger partial charge in [-0.25, -0.2) is 4.98 Å². The molecule has 1 saturated heterocycles. The molecule has 5 heteroatoms. The summed E-state index contributed by atoms with van der Waals surface area (Å²) in [5.41, 5.74) is 2.25. The summed E-state index contributed by atoms with van der Waals surface area (Å²) in [6.07, 6.45) is 2.09. The van der Waals surface area contributed by atoms with Crippen molar-refractivity contribution in [1.29, 1.82) is 0 Å². The van der Waals surface area contributed by atoms with E-state index in [0.29, 0.717) is 12.3 Å². The number of nitrogens with zero attached hydrogens (tertiary/aromatic N) is 2. The average molecular weight is 226 g/mol. The first kappa shape index (κ1) is 10.6. The maximum atomic E-state index is 12.0. The highest BCUT2D eigenvalue weighted by molar-refractivity contribution is 7.07. The number of carbonyl (C=O) groups is 1. The van der Waals surface area contributed by atoms with Gasteiger partial charge in [0.1, 0.15) is 5.69 Å². The molecule has 1 aliphatic rings. The van der Waals surface area contributed by atoms with Crippen molar-refractivity contribution in [3.05, 3.63) is 16.6 Å². The number of ether oxygens (including phenoxy) is 1. The Morgan fingerprint density at radius 2 is 2.67 bits per heavy atom. The molecule has 82 valence electrons. The number of rotatable bonds is 3. The Bertz CT molecular complexity index is 326. The highest BCUT2D eigenvalue weighted by Crippen LogP contribution is 2.20. The molecule has 0 bridgehead atoms. The Morgan fingerprint density at radius 3 is 3.33 bits per heavy atom. The zero-order valence-electron chi connectivity index (χ0n) is 8.68. The van der Waals surface area contributed by atoms with E-state index in [2.05, 4.69) is 4.98 Å². The van der Waals surface area contributed by atoms with Crippen molar-refractivity contribution in [3.8, 4) is 0 Å². The number of amides is 1. The molecule has 0 N–H and O–H groups in total. The Hall–Kier alpha value is -0.940. The standard InChI is InChI=1S/C10H14N2O2S/c1-14-5-8-3-2-4-12(8)10(13)9-6-15-7-11-9/h6-8H,2-5H2,1H3/t8-/m0/s1. The van der Waals surface area contributed by atoms with Crippen molar-refractivity contribution in [2.45, 2.75) is 18.9 Å². The monoisotopic (exact) mass is 226 g/mol. The minimum atomic E-state index is 0.0378. The molecule has 0 unspecified atom stereocenters.